The molecule has 0 radical (unpaired) electrons. The number of carbonyl (C=O) groups excluding carboxylic acids is 1. The molecule has 0 aliphatic rings. The van der Waals surface area contributed by atoms with Crippen molar-refractivity contribution in [1.29, 1.82) is 0 Å². The number of halogens is 2. The van der Waals surface area contributed by atoms with Gasteiger partial charge in [0.25, 0.3) is 5.91 Å². The normalized spacial score (nSPS) is 10.4. The maximum atomic E-state index is 12.1. The molecule has 2 rings (SSSR count). The molecule has 0 bridgehead atoms. The number of hydrogen-bond donors (Lipinski definition) is 1. The molecule has 0 fully saturated rings. The van der Waals surface area contributed by atoms with E-state index in [1.807, 2.05) is 6.07 Å². The van der Waals surface area contributed by atoms with E-state index < -0.39 is 6.61 Å². The molecule has 0 aromatic heterocycles. The number of amides is 1. The Balaban J connectivity index is 0.000000346. The van der Waals surface area contributed by atoms with Crippen molar-refractivity contribution in [3.05, 3.63) is 65.2 Å². The summed E-state index contributed by atoms with van der Waals surface area (Å²) in [4.78, 5) is 17.2. The van der Waals surface area contributed by atoms with E-state index in [0.717, 1.165) is 5.56 Å². The van der Waals surface area contributed by atoms with Gasteiger partial charge in [0.05, 0.1) is 0 Å². The lowest BCUT2D eigenvalue weighted by Crippen LogP contribution is -2.38. The highest BCUT2D eigenvalue weighted by atomic mass is 19.3. The Hall–Kier alpha value is -3.44. The second-order valence-corrected chi connectivity index (χ2v) is 5.91. The van der Waals surface area contributed by atoms with Gasteiger partial charge >= 0.3 is 6.61 Å². The zero-order valence-corrected chi connectivity index (χ0v) is 17.4. The SMILES string of the molecule is CN=C(N)N(C)C(=O)c1cccc(C#CCOC)c1.Cc1ccccc1OC(F)F. The maximum absolute atomic E-state index is 12.1. The lowest BCUT2D eigenvalue weighted by molar-refractivity contribution is -0.0502. The van der Waals surface area contributed by atoms with E-state index in [0.29, 0.717) is 17.7 Å². The Morgan fingerprint density at radius 2 is 1.93 bits per heavy atom. The van der Waals surface area contributed by atoms with Crippen LogP contribution in [0.5, 0.6) is 5.75 Å². The first-order chi connectivity index (χ1) is 14.3. The molecule has 8 heteroatoms. The van der Waals surface area contributed by atoms with Gasteiger partial charge in [0.1, 0.15) is 12.4 Å². The van der Waals surface area contributed by atoms with Crippen LogP contribution in [0.2, 0.25) is 0 Å². The highest BCUT2D eigenvalue weighted by Crippen LogP contribution is 2.18. The highest BCUT2D eigenvalue weighted by molar-refractivity contribution is 6.05. The van der Waals surface area contributed by atoms with Crippen LogP contribution in [0.1, 0.15) is 21.5 Å². The van der Waals surface area contributed by atoms with Crippen LogP contribution in [0, 0.1) is 18.8 Å². The summed E-state index contributed by atoms with van der Waals surface area (Å²) < 4.78 is 32.4. The van der Waals surface area contributed by atoms with Gasteiger partial charge in [-0.25, -0.2) is 0 Å². The zero-order valence-electron chi connectivity index (χ0n) is 17.4. The van der Waals surface area contributed by atoms with Crippen LogP contribution in [0.15, 0.2) is 53.5 Å². The van der Waals surface area contributed by atoms with E-state index in [-0.39, 0.29) is 17.6 Å². The fraction of sp³-hybridized carbons (Fsp3) is 0.273. The summed E-state index contributed by atoms with van der Waals surface area (Å²) in [6, 6.07) is 13.7. The third-order valence-corrected chi connectivity index (χ3v) is 3.75. The highest BCUT2D eigenvalue weighted by Gasteiger charge is 2.14. The molecule has 2 N–H and O–H groups in total. The van der Waals surface area contributed by atoms with Crippen molar-refractivity contribution in [3.63, 3.8) is 0 Å². The van der Waals surface area contributed by atoms with E-state index in [1.54, 1.807) is 57.5 Å². The number of ether oxygens (including phenoxy) is 2. The van der Waals surface area contributed by atoms with Gasteiger partial charge in [0.15, 0.2) is 5.96 Å². The molecule has 2 aromatic carbocycles. The maximum Gasteiger partial charge on any atom is 0.387 e. The summed E-state index contributed by atoms with van der Waals surface area (Å²) in [5, 5.41) is 0. The van der Waals surface area contributed by atoms with Crippen molar-refractivity contribution in [2.45, 2.75) is 13.5 Å². The van der Waals surface area contributed by atoms with Crippen LogP contribution in [0.3, 0.4) is 0 Å². The van der Waals surface area contributed by atoms with E-state index in [4.69, 9.17) is 10.5 Å². The molecule has 0 unspecified atom stereocenters. The van der Waals surface area contributed by atoms with Gasteiger partial charge < -0.3 is 15.2 Å². The van der Waals surface area contributed by atoms with Crippen molar-refractivity contribution < 1.29 is 23.0 Å². The smallest absolute Gasteiger partial charge is 0.387 e. The van der Waals surface area contributed by atoms with E-state index >= 15 is 0 Å². The van der Waals surface area contributed by atoms with Crippen LogP contribution in [0.25, 0.3) is 0 Å². The second kappa shape index (κ2) is 12.9. The number of aryl methyl sites for hydroxylation is 1. The molecule has 0 atom stereocenters. The minimum Gasteiger partial charge on any atom is -0.435 e. The van der Waals surface area contributed by atoms with Crippen LogP contribution in [-0.2, 0) is 4.74 Å². The minimum atomic E-state index is -2.74. The zero-order chi connectivity index (χ0) is 22.5. The van der Waals surface area contributed by atoms with Crippen LogP contribution < -0.4 is 10.5 Å². The molecular weight excluding hydrogens is 392 g/mol. The molecule has 160 valence electrons. The fourth-order valence-electron chi connectivity index (χ4n) is 2.17. The number of nitrogens with two attached hydrogens (primary N) is 1. The van der Waals surface area contributed by atoms with Crippen LogP contribution in [-0.4, -0.2) is 51.2 Å². The van der Waals surface area contributed by atoms with E-state index in [9.17, 15) is 13.6 Å². The third kappa shape index (κ3) is 8.29. The largest absolute Gasteiger partial charge is 0.435 e. The molecule has 0 aliphatic carbocycles. The molecule has 0 saturated heterocycles. The molecular formula is C22H25F2N3O3. The number of benzene rings is 2. The Kier molecular flexibility index (Phi) is 10.6. The van der Waals surface area contributed by atoms with Crippen molar-refractivity contribution in [1.82, 2.24) is 4.90 Å². The summed E-state index contributed by atoms with van der Waals surface area (Å²) in [6.45, 7) is -0.665. The molecule has 2 aromatic rings. The Labute approximate surface area is 175 Å². The lowest BCUT2D eigenvalue weighted by atomic mass is 10.1. The van der Waals surface area contributed by atoms with Gasteiger partial charge in [-0.2, -0.15) is 8.78 Å². The van der Waals surface area contributed by atoms with Crippen LogP contribution in [0.4, 0.5) is 8.78 Å². The van der Waals surface area contributed by atoms with Gasteiger partial charge in [0.2, 0.25) is 0 Å². The van der Waals surface area contributed by atoms with Gasteiger partial charge in [-0.15, -0.1) is 0 Å². The standard InChI is InChI=1S/C14H17N3O2.C8H8F2O/c1-16-14(15)17(2)13(18)12-8-4-6-11(10-12)7-5-9-19-3;1-6-4-2-3-5-7(6)11-8(9)10/h4,6,8,10H,9H2,1-3H3,(H2,15,16);2-5,8H,1H3. The van der Waals surface area contributed by atoms with E-state index in [2.05, 4.69) is 21.6 Å². The minimum absolute atomic E-state index is 0.167. The number of hydrogen-bond acceptors (Lipinski definition) is 4. The summed E-state index contributed by atoms with van der Waals surface area (Å²) in [5.41, 5.74) is 7.58. The molecule has 0 spiro atoms. The quantitative estimate of drug-likeness (QED) is 0.471. The Bertz CT molecular complexity index is 921. The lowest BCUT2D eigenvalue weighted by Gasteiger charge is -2.15. The molecule has 1 amide bonds. The topological polar surface area (TPSA) is 77.2 Å². The van der Waals surface area contributed by atoms with Crippen molar-refractivity contribution in [2.24, 2.45) is 10.7 Å². The summed E-state index contributed by atoms with van der Waals surface area (Å²) in [5.74, 6) is 5.93. The van der Waals surface area contributed by atoms with Gasteiger partial charge in [-0.3, -0.25) is 14.7 Å². The molecule has 0 heterocycles. The summed E-state index contributed by atoms with van der Waals surface area (Å²) >= 11 is 0. The number of para-hydroxylation sites is 1. The van der Waals surface area contributed by atoms with Gasteiger partial charge in [0, 0.05) is 32.3 Å². The number of rotatable bonds is 4. The van der Waals surface area contributed by atoms with Gasteiger partial charge in [-0.05, 0) is 36.8 Å². The first-order valence-electron chi connectivity index (χ1n) is 8.88. The number of nitrogens with zero attached hydrogens (tertiary/aromatic N) is 2. The van der Waals surface area contributed by atoms with Crippen molar-refractivity contribution >= 4 is 11.9 Å². The first-order valence-corrected chi connectivity index (χ1v) is 8.88. The molecule has 0 aliphatic heterocycles. The summed E-state index contributed by atoms with van der Waals surface area (Å²) in [6.07, 6.45) is 0. The summed E-state index contributed by atoms with van der Waals surface area (Å²) in [7, 11) is 4.69. The fourth-order valence-corrected chi connectivity index (χ4v) is 2.17. The average molecular weight is 417 g/mol. The molecule has 6 nitrogen and oxygen atoms in total. The predicted molar refractivity (Wildman–Crippen MR) is 113 cm³/mol. The number of guanidine groups is 1. The Morgan fingerprint density at radius 1 is 1.23 bits per heavy atom. The molecule has 30 heavy (non-hydrogen) atoms. The average Bonchev–Trinajstić information content (AvgIpc) is 2.74. The van der Waals surface area contributed by atoms with Gasteiger partial charge in [-0.1, -0.05) is 36.1 Å². The second-order valence-electron chi connectivity index (χ2n) is 5.91. The van der Waals surface area contributed by atoms with Crippen molar-refractivity contribution in [3.8, 4) is 17.6 Å². The number of carbonyl (C=O) groups is 1. The van der Waals surface area contributed by atoms with E-state index in [1.165, 1.54) is 18.0 Å². The number of alkyl halides is 2. The predicted octanol–water partition coefficient (Wildman–Crippen LogP) is 3.30. The number of methoxy groups -OCH3 is 1. The third-order valence-electron chi connectivity index (χ3n) is 3.75. The Morgan fingerprint density at radius 3 is 2.53 bits per heavy atom. The van der Waals surface area contributed by atoms with Crippen molar-refractivity contribution in [2.75, 3.05) is 27.8 Å². The number of aliphatic imine (C=N–C) groups is 1. The molecule has 0 saturated carbocycles. The van der Waals surface area contributed by atoms with Crippen LogP contribution >= 0.6 is 0 Å². The first kappa shape index (κ1) is 24.6. The monoisotopic (exact) mass is 417 g/mol.